The highest BCUT2D eigenvalue weighted by atomic mass is 35.5. The Hall–Kier alpha value is -2.22. The van der Waals surface area contributed by atoms with Crippen LogP contribution < -0.4 is 4.74 Å². The molecule has 6 nitrogen and oxygen atoms in total. The van der Waals surface area contributed by atoms with Gasteiger partial charge in [-0.05, 0) is 42.8 Å². The molecule has 2 aromatic carbocycles. The number of carbonyl (C=O) groups is 1. The summed E-state index contributed by atoms with van der Waals surface area (Å²) in [6.07, 6.45) is -0.342. The first kappa shape index (κ1) is 19.5. The van der Waals surface area contributed by atoms with E-state index in [1.807, 2.05) is 0 Å². The van der Waals surface area contributed by atoms with Gasteiger partial charge in [-0.3, -0.25) is 4.79 Å². The van der Waals surface area contributed by atoms with E-state index in [9.17, 15) is 18.3 Å². The first-order valence-corrected chi connectivity index (χ1v) is 9.96. The number of rotatable bonds is 5. The van der Waals surface area contributed by atoms with Gasteiger partial charge in [-0.15, -0.1) is 0 Å². The van der Waals surface area contributed by atoms with E-state index in [-0.39, 0.29) is 32.6 Å². The molecule has 0 unspecified atom stereocenters. The highest BCUT2D eigenvalue weighted by molar-refractivity contribution is 7.90. The molecule has 3 rings (SSSR count). The Labute approximate surface area is 165 Å². The predicted octanol–water partition coefficient (Wildman–Crippen LogP) is 4.13. The number of methoxy groups -OCH3 is 1. The quantitative estimate of drug-likeness (QED) is 0.661. The van der Waals surface area contributed by atoms with Crippen LogP contribution in [0.4, 0.5) is 0 Å². The molecule has 0 spiro atoms. The van der Waals surface area contributed by atoms with E-state index < -0.39 is 16.0 Å². The van der Waals surface area contributed by atoms with E-state index in [0.717, 1.165) is 3.97 Å². The minimum absolute atomic E-state index is 0.0104. The lowest BCUT2D eigenvalue weighted by Crippen LogP contribution is -2.15. The second kappa shape index (κ2) is 7.07. The lowest BCUT2D eigenvalue weighted by molar-refractivity contribution is -0.136. The Kier molecular flexibility index (Phi) is 5.12. The van der Waals surface area contributed by atoms with Crippen molar-refractivity contribution in [2.24, 2.45) is 0 Å². The summed E-state index contributed by atoms with van der Waals surface area (Å²) >= 11 is 12.1. The highest BCUT2D eigenvalue weighted by Crippen LogP contribution is 2.37. The van der Waals surface area contributed by atoms with Gasteiger partial charge in [-0.1, -0.05) is 29.3 Å². The van der Waals surface area contributed by atoms with Crippen LogP contribution >= 0.6 is 23.2 Å². The van der Waals surface area contributed by atoms with Crippen LogP contribution in [0.25, 0.3) is 10.9 Å². The van der Waals surface area contributed by atoms with Crippen molar-refractivity contribution in [1.82, 2.24) is 3.97 Å². The van der Waals surface area contributed by atoms with Crippen LogP contribution in [0.2, 0.25) is 10.0 Å². The SMILES string of the molecule is COc1cc2c(CC(=O)O)c(C)n(S(=O)(=O)c3cccc(Cl)c3)c2cc1Cl. The average molecular weight is 428 g/mol. The summed E-state index contributed by atoms with van der Waals surface area (Å²) in [5.74, 6) is -0.751. The zero-order chi connectivity index (χ0) is 19.9. The first-order chi connectivity index (χ1) is 12.7. The van der Waals surface area contributed by atoms with Crippen LogP contribution in [0, 0.1) is 6.92 Å². The third kappa shape index (κ3) is 3.38. The van der Waals surface area contributed by atoms with Crippen molar-refractivity contribution in [3.05, 3.63) is 57.7 Å². The van der Waals surface area contributed by atoms with Crippen molar-refractivity contribution in [1.29, 1.82) is 0 Å². The first-order valence-electron chi connectivity index (χ1n) is 7.77. The molecule has 0 saturated carbocycles. The lowest BCUT2D eigenvalue weighted by Gasteiger charge is -2.11. The zero-order valence-corrected chi connectivity index (χ0v) is 16.7. The van der Waals surface area contributed by atoms with Gasteiger partial charge in [0.2, 0.25) is 0 Å². The molecule has 1 N–H and O–H groups in total. The number of carboxylic acids is 1. The fourth-order valence-corrected chi connectivity index (χ4v) is 5.13. The molecule has 0 aliphatic carbocycles. The number of ether oxygens (including phenoxy) is 1. The molecule has 0 fully saturated rings. The van der Waals surface area contributed by atoms with Crippen molar-refractivity contribution < 1.29 is 23.1 Å². The predicted molar refractivity (Wildman–Crippen MR) is 104 cm³/mol. The molecule has 0 amide bonds. The summed E-state index contributed by atoms with van der Waals surface area (Å²) in [4.78, 5) is 11.3. The van der Waals surface area contributed by atoms with Crippen molar-refractivity contribution >= 4 is 50.1 Å². The fraction of sp³-hybridized carbons (Fsp3) is 0.167. The van der Waals surface area contributed by atoms with Crippen LogP contribution in [0.15, 0.2) is 41.3 Å². The van der Waals surface area contributed by atoms with Gasteiger partial charge in [-0.2, -0.15) is 0 Å². The molecular weight excluding hydrogens is 413 g/mol. The Morgan fingerprint density at radius 1 is 1.22 bits per heavy atom. The monoisotopic (exact) mass is 427 g/mol. The summed E-state index contributed by atoms with van der Waals surface area (Å²) < 4.78 is 32.8. The smallest absolute Gasteiger partial charge is 0.307 e. The van der Waals surface area contributed by atoms with Gasteiger partial charge in [0.05, 0.1) is 29.0 Å². The number of benzene rings is 2. The third-order valence-electron chi connectivity index (χ3n) is 4.22. The van der Waals surface area contributed by atoms with Crippen molar-refractivity contribution in [3.63, 3.8) is 0 Å². The normalized spacial score (nSPS) is 11.7. The standard InChI is InChI=1S/C18H15Cl2NO5S/c1-10-13(8-18(22)23)14-7-17(26-2)15(20)9-16(14)21(10)27(24,25)12-5-3-4-11(19)6-12/h3-7,9H,8H2,1-2H3,(H,22,23). The van der Waals surface area contributed by atoms with Crippen LogP contribution in [0.3, 0.4) is 0 Å². The van der Waals surface area contributed by atoms with Gasteiger partial charge < -0.3 is 9.84 Å². The van der Waals surface area contributed by atoms with Crippen LogP contribution in [-0.4, -0.2) is 30.6 Å². The molecular formula is C18H15Cl2NO5S. The summed E-state index contributed by atoms with van der Waals surface area (Å²) in [7, 11) is -2.60. The molecule has 1 aromatic heterocycles. The van der Waals surface area contributed by atoms with Crippen molar-refractivity contribution in [2.75, 3.05) is 7.11 Å². The summed E-state index contributed by atoms with van der Waals surface area (Å²) in [6.45, 7) is 1.56. The van der Waals surface area contributed by atoms with Crippen LogP contribution in [0.5, 0.6) is 5.75 Å². The summed E-state index contributed by atoms with van der Waals surface area (Å²) in [5, 5.41) is 10.2. The second-order valence-electron chi connectivity index (χ2n) is 5.87. The number of carboxylic acid groups (broad SMARTS) is 1. The fourth-order valence-electron chi connectivity index (χ4n) is 3.02. The van der Waals surface area contributed by atoms with Gasteiger partial charge in [0.1, 0.15) is 5.75 Å². The molecule has 27 heavy (non-hydrogen) atoms. The third-order valence-corrected chi connectivity index (χ3v) is 6.55. The van der Waals surface area contributed by atoms with Gasteiger partial charge in [0, 0.05) is 16.1 Å². The molecule has 9 heteroatoms. The van der Waals surface area contributed by atoms with E-state index in [2.05, 4.69) is 0 Å². The molecule has 0 saturated heterocycles. The number of aliphatic carboxylic acids is 1. The number of hydrogen-bond donors (Lipinski definition) is 1. The van der Waals surface area contributed by atoms with Gasteiger partial charge in [-0.25, -0.2) is 12.4 Å². The van der Waals surface area contributed by atoms with E-state index in [4.69, 9.17) is 27.9 Å². The minimum atomic E-state index is -4.03. The van der Waals surface area contributed by atoms with Crippen LogP contribution in [-0.2, 0) is 21.2 Å². The molecule has 3 aromatic rings. The number of halogens is 2. The van der Waals surface area contributed by atoms with Crippen molar-refractivity contribution in [2.45, 2.75) is 18.2 Å². The minimum Gasteiger partial charge on any atom is -0.495 e. The number of aromatic nitrogens is 1. The van der Waals surface area contributed by atoms with E-state index in [1.165, 1.54) is 31.4 Å². The molecule has 1 heterocycles. The molecule has 0 aliphatic rings. The largest absolute Gasteiger partial charge is 0.495 e. The maximum absolute atomic E-state index is 13.3. The lowest BCUT2D eigenvalue weighted by atomic mass is 10.1. The topological polar surface area (TPSA) is 85.6 Å². The Morgan fingerprint density at radius 2 is 1.93 bits per heavy atom. The van der Waals surface area contributed by atoms with Gasteiger partial charge in [0.15, 0.2) is 0 Å². The number of nitrogens with zero attached hydrogens (tertiary/aromatic N) is 1. The van der Waals surface area contributed by atoms with Gasteiger partial charge >= 0.3 is 5.97 Å². The van der Waals surface area contributed by atoms with Gasteiger partial charge in [0.25, 0.3) is 10.0 Å². The zero-order valence-electron chi connectivity index (χ0n) is 14.4. The van der Waals surface area contributed by atoms with E-state index >= 15 is 0 Å². The Morgan fingerprint density at radius 3 is 2.52 bits per heavy atom. The van der Waals surface area contributed by atoms with Crippen molar-refractivity contribution in [3.8, 4) is 5.75 Å². The Bertz CT molecular complexity index is 1170. The average Bonchev–Trinajstić information content (AvgIpc) is 2.85. The molecule has 0 aliphatic heterocycles. The van der Waals surface area contributed by atoms with E-state index in [0.29, 0.717) is 16.7 Å². The molecule has 0 radical (unpaired) electrons. The maximum Gasteiger partial charge on any atom is 0.307 e. The highest BCUT2D eigenvalue weighted by Gasteiger charge is 2.27. The summed E-state index contributed by atoms with van der Waals surface area (Å²) in [5.41, 5.74) is 0.935. The van der Waals surface area contributed by atoms with Crippen LogP contribution in [0.1, 0.15) is 11.3 Å². The number of fused-ring (bicyclic) bond motifs is 1. The summed E-state index contributed by atoms with van der Waals surface area (Å²) in [6, 6.07) is 8.87. The molecule has 0 bridgehead atoms. The van der Waals surface area contributed by atoms with E-state index in [1.54, 1.807) is 19.1 Å². The molecule has 142 valence electrons. The Balaban J connectivity index is 2.40. The molecule has 0 atom stereocenters. The maximum atomic E-state index is 13.3. The second-order valence-corrected chi connectivity index (χ2v) is 8.50. The number of hydrogen-bond acceptors (Lipinski definition) is 4.